The van der Waals surface area contributed by atoms with Crippen LogP contribution in [-0.2, 0) is 20.8 Å². The van der Waals surface area contributed by atoms with Crippen LogP contribution in [0.25, 0.3) is 10.8 Å². The van der Waals surface area contributed by atoms with E-state index in [1.165, 1.54) is 16.3 Å². The Hall–Kier alpha value is -2.89. The maximum Gasteiger partial charge on any atom is 0.222 e. The molecule has 4 rings (SSSR count). The van der Waals surface area contributed by atoms with Crippen LogP contribution in [0.4, 0.5) is 0 Å². The van der Waals surface area contributed by atoms with Crippen molar-refractivity contribution in [1.29, 1.82) is 0 Å². The summed E-state index contributed by atoms with van der Waals surface area (Å²) in [4.78, 5) is 38.0. The molecule has 2 aromatic carbocycles. The van der Waals surface area contributed by atoms with Crippen molar-refractivity contribution in [3.05, 3.63) is 48.0 Å². The first-order chi connectivity index (χ1) is 15.0. The van der Waals surface area contributed by atoms with Crippen molar-refractivity contribution in [2.45, 2.75) is 56.9 Å². The monoisotopic (exact) mass is 421 g/mol. The van der Waals surface area contributed by atoms with Crippen LogP contribution in [0.1, 0.15) is 50.5 Å². The van der Waals surface area contributed by atoms with E-state index in [1.54, 1.807) is 0 Å². The second-order valence-corrected chi connectivity index (χ2v) is 8.83. The first-order valence-electron chi connectivity index (χ1n) is 11.4. The third-order valence-electron chi connectivity index (χ3n) is 6.57. The fraction of sp³-hybridized carbons (Fsp3) is 0.480. The molecule has 0 radical (unpaired) electrons. The summed E-state index contributed by atoms with van der Waals surface area (Å²) in [5.41, 5.74) is 0.830. The van der Waals surface area contributed by atoms with Crippen LogP contribution >= 0.6 is 0 Å². The summed E-state index contributed by atoms with van der Waals surface area (Å²) in [5.74, 6) is 0.292. The Morgan fingerprint density at radius 2 is 1.94 bits per heavy atom. The van der Waals surface area contributed by atoms with Crippen molar-refractivity contribution in [1.82, 2.24) is 15.5 Å². The van der Waals surface area contributed by atoms with Gasteiger partial charge in [-0.05, 0) is 48.4 Å². The zero-order valence-electron chi connectivity index (χ0n) is 18.0. The van der Waals surface area contributed by atoms with Crippen LogP contribution in [0.5, 0.6) is 0 Å². The Bertz CT molecular complexity index is 968. The number of rotatable bonds is 9. The Morgan fingerprint density at radius 1 is 1.10 bits per heavy atom. The minimum absolute atomic E-state index is 0.00573. The van der Waals surface area contributed by atoms with E-state index in [9.17, 15) is 14.4 Å². The van der Waals surface area contributed by atoms with E-state index in [-0.39, 0.29) is 23.3 Å². The van der Waals surface area contributed by atoms with Gasteiger partial charge in [-0.3, -0.25) is 14.4 Å². The number of nitrogens with zero attached hydrogens (tertiary/aromatic N) is 1. The van der Waals surface area contributed by atoms with E-state index < -0.39 is 0 Å². The molecule has 2 aromatic rings. The number of fused-ring (bicyclic) bond motifs is 1. The smallest absolute Gasteiger partial charge is 0.222 e. The molecule has 2 heterocycles. The molecule has 31 heavy (non-hydrogen) atoms. The number of hydrogen-bond acceptors (Lipinski definition) is 3. The fourth-order valence-corrected chi connectivity index (χ4v) is 4.87. The predicted molar refractivity (Wildman–Crippen MR) is 120 cm³/mol. The van der Waals surface area contributed by atoms with Crippen LogP contribution in [0, 0.1) is 0 Å². The standard InChI is InChI=1S/C25H31N3O3/c29-22(26-15-5-17-28-16-4-10-24(28)31)11-13-25(14-12-23(30)27-25)18-20-8-3-7-19-6-1-2-9-21(19)20/h1-3,6-9H,4-5,10-18H2,(H,26,29)(H,27,30)/t25-/m0/s1. The molecule has 0 bridgehead atoms. The summed E-state index contributed by atoms with van der Waals surface area (Å²) < 4.78 is 0. The summed E-state index contributed by atoms with van der Waals surface area (Å²) in [6.45, 7) is 2.12. The largest absolute Gasteiger partial charge is 0.356 e. The highest BCUT2D eigenvalue weighted by atomic mass is 16.2. The van der Waals surface area contributed by atoms with Crippen molar-refractivity contribution < 1.29 is 14.4 Å². The van der Waals surface area contributed by atoms with Gasteiger partial charge in [0.1, 0.15) is 0 Å². The van der Waals surface area contributed by atoms with Gasteiger partial charge >= 0.3 is 0 Å². The highest BCUT2D eigenvalue weighted by Gasteiger charge is 2.38. The van der Waals surface area contributed by atoms with E-state index in [0.29, 0.717) is 38.8 Å². The molecule has 6 heteroatoms. The molecule has 164 valence electrons. The zero-order valence-corrected chi connectivity index (χ0v) is 18.0. The highest BCUT2D eigenvalue weighted by molar-refractivity contribution is 5.86. The number of hydrogen-bond donors (Lipinski definition) is 2. The molecule has 2 fully saturated rings. The average Bonchev–Trinajstić information content (AvgIpc) is 3.35. The summed E-state index contributed by atoms with van der Waals surface area (Å²) >= 11 is 0. The average molecular weight is 422 g/mol. The highest BCUT2D eigenvalue weighted by Crippen LogP contribution is 2.32. The van der Waals surface area contributed by atoms with Gasteiger partial charge in [0.05, 0.1) is 0 Å². The molecule has 0 unspecified atom stereocenters. The molecule has 0 aromatic heterocycles. The van der Waals surface area contributed by atoms with Crippen molar-refractivity contribution in [2.75, 3.05) is 19.6 Å². The van der Waals surface area contributed by atoms with Crippen LogP contribution in [0.3, 0.4) is 0 Å². The topological polar surface area (TPSA) is 78.5 Å². The normalized spacial score (nSPS) is 21.0. The number of benzene rings is 2. The zero-order chi connectivity index (χ0) is 21.7. The molecule has 2 aliphatic rings. The maximum atomic E-state index is 12.4. The lowest BCUT2D eigenvalue weighted by atomic mass is 9.83. The third-order valence-corrected chi connectivity index (χ3v) is 6.57. The Morgan fingerprint density at radius 3 is 2.71 bits per heavy atom. The van der Waals surface area contributed by atoms with E-state index in [2.05, 4.69) is 41.0 Å². The second kappa shape index (κ2) is 9.50. The van der Waals surface area contributed by atoms with Crippen LogP contribution < -0.4 is 10.6 Å². The molecule has 0 spiro atoms. The minimum atomic E-state index is -0.374. The van der Waals surface area contributed by atoms with Crippen LogP contribution in [0.15, 0.2) is 42.5 Å². The molecule has 2 N–H and O–H groups in total. The third kappa shape index (κ3) is 5.24. The van der Waals surface area contributed by atoms with Crippen LogP contribution in [0.2, 0.25) is 0 Å². The van der Waals surface area contributed by atoms with Crippen molar-refractivity contribution in [3.8, 4) is 0 Å². The molecule has 2 saturated heterocycles. The van der Waals surface area contributed by atoms with Gasteiger partial charge in [-0.25, -0.2) is 0 Å². The first kappa shape index (κ1) is 21.3. The van der Waals surface area contributed by atoms with Gasteiger partial charge in [0.2, 0.25) is 17.7 Å². The summed E-state index contributed by atoms with van der Waals surface area (Å²) in [5, 5.41) is 8.55. The van der Waals surface area contributed by atoms with Crippen molar-refractivity contribution in [2.24, 2.45) is 0 Å². The van der Waals surface area contributed by atoms with Gasteiger partial charge in [0.15, 0.2) is 0 Å². The summed E-state index contributed by atoms with van der Waals surface area (Å²) in [6.07, 6.45) is 5.36. The summed E-state index contributed by atoms with van der Waals surface area (Å²) in [6, 6.07) is 14.6. The molecule has 6 nitrogen and oxygen atoms in total. The van der Waals surface area contributed by atoms with Gasteiger partial charge in [-0.15, -0.1) is 0 Å². The molecule has 2 aliphatic heterocycles. The first-order valence-corrected chi connectivity index (χ1v) is 11.4. The molecular formula is C25H31N3O3. The fourth-order valence-electron chi connectivity index (χ4n) is 4.87. The SMILES string of the molecule is O=C(CC[C@@]1(Cc2cccc3ccccc23)CCC(=O)N1)NCCCN1CCCC1=O. The van der Waals surface area contributed by atoms with Gasteiger partial charge in [0, 0.05) is 44.4 Å². The van der Waals surface area contributed by atoms with E-state index in [1.807, 2.05) is 17.0 Å². The minimum Gasteiger partial charge on any atom is -0.356 e. The summed E-state index contributed by atoms with van der Waals surface area (Å²) in [7, 11) is 0. The van der Waals surface area contributed by atoms with Crippen LogP contribution in [-0.4, -0.2) is 47.8 Å². The van der Waals surface area contributed by atoms with Crippen molar-refractivity contribution >= 4 is 28.5 Å². The number of amides is 3. The maximum absolute atomic E-state index is 12.4. The Kier molecular flexibility index (Phi) is 6.54. The van der Waals surface area contributed by atoms with Gasteiger partial charge < -0.3 is 15.5 Å². The number of likely N-dealkylation sites (tertiary alicyclic amines) is 1. The van der Waals surface area contributed by atoms with E-state index >= 15 is 0 Å². The van der Waals surface area contributed by atoms with Gasteiger partial charge in [-0.1, -0.05) is 42.5 Å². The van der Waals surface area contributed by atoms with Gasteiger partial charge in [-0.2, -0.15) is 0 Å². The molecular weight excluding hydrogens is 390 g/mol. The molecule has 0 aliphatic carbocycles. The van der Waals surface area contributed by atoms with Gasteiger partial charge in [0.25, 0.3) is 0 Å². The molecule has 3 amide bonds. The van der Waals surface area contributed by atoms with Crippen molar-refractivity contribution in [3.63, 3.8) is 0 Å². The lowest BCUT2D eigenvalue weighted by Gasteiger charge is -2.30. The Balaban J connectivity index is 1.32. The number of carbonyl (C=O) groups is 3. The Labute approximate surface area is 183 Å². The van der Waals surface area contributed by atoms with E-state index in [0.717, 1.165) is 32.2 Å². The van der Waals surface area contributed by atoms with E-state index in [4.69, 9.17) is 0 Å². The molecule has 0 saturated carbocycles. The number of carbonyl (C=O) groups excluding carboxylic acids is 3. The second-order valence-electron chi connectivity index (χ2n) is 8.83. The number of nitrogens with one attached hydrogen (secondary N) is 2. The molecule has 1 atom stereocenters. The predicted octanol–water partition coefficient (Wildman–Crippen LogP) is 2.94. The lowest BCUT2D eigenvalue weighted by Crippen LogP contribution is -2.44. The quantitative estimate of drug-likeness (QED) is 0.611. The lowest BCUT2D eigenvalue weighted by molar-refractivity contribution is -0.127.